The molecule has 5 nitrogen and oxygen atoms in total. The summed E-state index contributed by atoms with van der Waals surface area (Å²) >= 11 is 0. The van der Waals surface area contributed by atoms with Crippen molar-refractivity contribution in [2.75, 3.05) is 47.4 Å². The fourth-order valence-corrected chi connectivity index (χ4v) is 1.84. The fourth-order valence-electron chi connectivity index (χ4n) is 1.84. The van der Waals surface area contributed by atoms with Crippen molar-refractivity contribution in [2.45, 2.75) is 13.5 Å². The Labute approximate surface area is 151 Å². The molecule has 6 heteroatoms. The molecule has 0 amide bonds. The van der Waals surface area contributed by atoms with Gasteiger partial charge in [-0.25, -0.2) is 0 Å². The van der Waals surface area contributed by atoms with Crippen LogP contribution in [0.3, 0.4) is 0 Å². The van der Waals surface area contributed by atoms with Gasteiger partial charge in [-0.05, 0) is 19.5 Å². The van der Waals surface area contributed by atoms with Crippen molar-refractivity contribution in [3.8, 4) is 0 Å². The SMILES string of the molecule is CN=C(NCCN(C)CCOC)NCc1ccc(C)cc1.I. The van der Waals surface area contributed by atoms with Crippen LogP contribution in [0.1, 0.15) is 11.1 Å². The van der Waals surface area contributed by atoms with E-state index in [9.17, 15) is 0 Å². The third-order valence-electron chi connectivity index (χ3n) is 3.27. The molecule has 0 aromatic heterocycles. The van der Waals surface area contributed by atoms with Gasteiger partial charge in [0, 0.05) is 40.3 Å². The fraction of sp³-hybridized carbons (Fsp3) is 0.562. The first-order valence-electron chi connectivity index (χ1n) is 7.33. The second kappa shape index (κ2) is 12.7. The maximum absolute atomic E-state index is 5.06. The van der Waals surface area contributed by atoms with Crippen molar-refractivity contribution < 1.29 is 4.74 Å². The van der Waals surface area contributed by atoms with Crippen molar-refractivity contribution in [2.24, 2.45) is 4.99 Å². The maximum Gasteiger partial charge on any atom is 0.191 e. The molecule has 0 aliphatic carbocycles. The number of methoxy groups -OCH3 is 1. The number of nitrogens with one attached hydrogen (secondary N) is 2. The minimum atomic E-state index is 0. The predicted molar refractivity (Wildman–Crippen MR) is 104 cm³/mol. The predicted octanol–water partition coefficient (Wildman–Crippen LogP) is 1.86. The summed E-state index contributed by atoms with van der Waals surface area (Å²) in [7, 11) is 5.60. The number of aliphatic imine (C=N–C) groups is 1. The van der Waals surface area contributed by atoms with E-state index < -0.39 is 0 Å². The van der Waals surface area contributed by atoms with E-state index >= 15 is 0 Å². The van der Waals surface area contributed by atoms with Gasteiger partial charge in [0.05, 0.1) is 6.61 Å². The average Bonchev–Trinajstić information content (AvgIpc) is 2.50. The third-order valence-corrected chi connectivity index (χ3v) is 3.27. The van der Waals surface area contributed by atoms with Crippen LogP contribution in [-0.2, 0) is 11.3 Å². The molecule has 1 aromatic carbocycles. The number of halogens is 1. The van der Waals surface area contributed by atoms with Gasteiger partial charge in [-0.15, -0.1) is 24.0 Å². The lowest BCUT2D eigenvalue weighted by atomic mass is 10.1. The molecular formula is C16H29IN4O. The maximum atomic E-state index is 5.06. The van der Waals surface area contributed by atoms with E-state index in [1.807, 2.05) is 0 Å². The van der Waals surface area contributed by atoms with E-state index in [2.05, 4.69) is 58.8 Å². The summed E-state index contributed by atoms with van der Waals surface area (Å²) in [5, 5.41) is 6.63. The molecule has 0 atom stereocenters. The number of ether oxygens (including phenoxy) is 1. The van der Waals surface area contributed by atoms with Crippen LogP contribution in [-0.4, -0.2) is 58.3 Å². The number of likely N-dealkylation sites (N-methyl/N-ethyl adjacent to an activating group) is 1. The largest absolute Gasteiger partial charge is 0.383 e. The van der Waals surface area contributed by atoms with Crippen molar-refractivity contribution in [3.63, 3.8) is 0 Å². The van der Waals surface area contributed by atoms with Gasteiger partial charge in [-0.2, -0.15) is 0 Å². The molecule has 22 heavy (non-hydrogen) atoms. The van der Waals surface area contributed by atoms with Crippen LogP contribution in [0.25, 0.3) is 0 Å². The Hall–Kier alpha value is -0.860. The summed E-state index contributed by atoms with van der Waals surface area (Å²) in [6.45, 7) is 6.38. The average molecular weight is 420 g/mol. The van der Waals surface area contributed by atoms with Gasteiger partial charge in [0.2, 0.25) is 0 Å². The normalized spacial score (nSPS) is 11.2. The second-order valence-electron chi connectivity index (χ2n) is 5.13. The first-order valence-corrected chi connectivity index (χ1v) is 7.33. The molecule has 0 aliphatic rings. The lowest BCUT2D eigenvalue weighted by Crippen LogP contribution is -2.41. The molecular weight excluding hydrogens is 391 g/mol. The highest BCUT2D eigenvalue weighted by Crippen LogP contribution is 2.02. The number of guanidine groups is 1. The highest BCUT2D eigenvalue weighted by atomic mass is 127. The van der Waals surface area contributed by atoms with Gasteiger partial charge in [0.25, 0.3) is 0 Å². The second-order valence-corrected chi connectivity index (χ2v) is 5.13. The molecule has 0 aliphatic heterocycles. The van der Waals surface area contributed by atoms with E-state index in [-0.39, 0.29) is 24.0 Å². The molecule has 0 bridgehead atoms. The van der Waals surface area contributed by atoms with E-state index in [1.165, 1.54) is 11.1 Å². The minimum Gasteiger partial charge on any atom is -0.383 e. The van der Waals surface area contributed by atoms with Crippen LogP contribution in [0.15, 0.2) is 29.3 Å². The number of nitrogens with zero attached hydrogens (tertiary/aromatic N) is 2. The molecule has 0 radical (unpaired) electrons. The molecule has 126 valence electrons. The standard InChI is InChI=1S/C16H28N4O.HI/c1-14-5-7-15(8-6-14)13-19-16(17-2)18-9-10-20(3)11-12-21-4;/h5-8H,9-13H2,1-4H3,(H2,17,18,19);1H. The zero-order valence-electron chi connectivity index (χ0n) is 14.1. The number of hydrogen-bond acceptors (Lipinski definition) is 3. The number of hydrogen-bond donors (Lipinski definition) is 2. The van der Waals surface area contributed by atoms with E-state index in [4.69, 9.17) is 4.74 Å². The third kappa shape index (κ3) is 9.22. The molecule has 0 heterocycles. The monoisotopic (exact) mass is 420 g/mol. The van der Waals surface area contributed by atoms with Crippen molar-refractivity contribution in [1.82, 2.24) is 15.5 Å². The van der Waals surface area contributed by atoms with E-state index in [0.717, 1.165) is 38.7 Å². The number of aryl methyl sites for hydroxylation is 1. The van der Waals surface area contributed by atoms with Gasteiger partial charge in [-0.1, -0.05) is 29.8 Å². The van der Waals surface area contributed by atoms with Gasteiger partial charge in [-0.3, -0.25) is 4.99 Å². The Morgan fingerprint density at radius 1 is 1.18 bits per heavy atom. The summed E-state index contributed by atoms with van der Waals surface area (Å²) in [4.78, 5) is 6.46. The zero-order valence-corrected chi connectivity index (χ0v) is 16.4. The van der Waals surface area contributed by atoms with Gasteiger partial charge < -0.3 is 20.3 Å². The molecule has 0 spiro atoms. The molecule has 1 aromatic rings. The molecule has 2 N–H and O–H groups in total. The van der Waals surface area contributed by atoms with Gasteiger partial charge >= 0.3 is 0 Å². The lowest BCUT2D eigenvalue weighted by molar-refractivity contribution is 0.162. The first kappa shape index (κ1) is 21.1. The van der Waals surface area contributed by atoms with Crippen LogP contribution < -0.4 is 10.6 Å². The highest BCUT2D eigenvalue weighted by Gasteiger charge is 2.00. The molecule has 0 saturated carbocycles. The molecule has 1 rings (SSSR count). The topological polar surface area (TPSA) is 48.9 Å². The van der Waals surface area contributed by atoms with Crippen molar-refractivity contribution in [1.29, 1.82) is 0 Å². The van der Waals surface area contributed by atoms with E-state index in [1.54, 1.807) is 14.2 Å². The number of benzene rings is 1. The Bertz CT molecular complexity index is 423. The summed E-state index contributed by atoms with van der Waals surface area (Å²) in [5.74, 6) is 0.829. The van der Waals surface area contributed by atoms with Crippen molar-refractivity contribution >= 4 is 29.9 Å². The summed E-state index contributed by atoms with van der Waals surface area (Å²) in [6, 6.07) is 8.51. The molecule has 0 fully saturated rings. The Morgan fingerprint density at radius 2 is 1.86 bits per heavy atom. The van der Waals surface area contributed by atoms with Crippen LogP contribution in [0.5, 0.6) is 0 Å². The molecule has 0 unspecified atom stereocenters. The lowest BCUT2D eigenvalue weighted by Gasteiger charge is -2.17. The number of rotatable bonds is 8. The van der Waals surface area contributed by atoms with Gasteiger partial charge in [0.15, 0.2) is 5.96 Å². The Morgan fingerprint density at radius 3 is 2.45 bits per heavy atom. The minimum absolute atomic E-state index is 0. The van der Waals surface area contributed by atoms with E-state index in [0.29, 0.717) is 0 Å². The Kier molecular flexibility index (Phi) is 12.2. The van der Waals surface area contributed by atoms with Crippen molar-refractivity contribution in [3.05, 3.63) is 35.4 Å². The highest BCUT2D eigenvalue weighted by molar-refractivity contribution is 14.0. The quantitative estimate of drug-likeness (QED) is 0.383. The van der Waals surface area contributed by atoms with Crippen LogP contribution >= 0.6 is 24.0 Å². The molecule has 0 saturated heterocycles. The summed E-state index contributed by atoms with van der Waals surface area (Å²) < 4.78 is 5.06. The smallest absolute Gasteiger partial charge is 0.191 e. The first-order chi connectivity index (χ1) is 10.2. The zero-order chi connectivity index (χ0) is 15.5. The van der Waals surface area contributed by atoms with Crippen LogP contribution in [0.4, 0.5) is 0 Å². The Balaban J connectivity index is 0.00000441. The summed E-state index contributed by atoms with van der Waals surface area (Å²) in [6.07, 6.45) is 0. The summed E-state index contributed by atoms with van der Waals surface area (Å²) in [5.41, 5.74) is 2.53. The van der Waals surface area contributed by atoms with Crippen LogP contribution in [0.2, 0.25) is 0 Å². The van der Waals surface area contributed by atoms with Crippen LogP contribution in [0, 0.1) is 6.92 Å². The van der Waals surface area contributed by atoms with Gasteiger partial charge in [0.1, 0.15) is 0 Å².